The molecule has 24 heavy (non-hydrogen) atoms. The minimum absolute atomic E-state index is 0.0159. The molecular formula is C13H13F2N5O4. The van der Waals surface area contributed by atoms with Gasteiger partial charge in [-0.2, -0.15) is 13.5 Å². The Labute approximate surface area is 134 Å². The van der Waals surface area contributed by atoms with E-state index in [0.29, 0.717) is 5.56 Å². The lowest BCUT2D eigenvalue weighted by Gasteiger charge is -2.14. The van der Waals surface area contributed by atoms with Gasteiger partial charge in [-0.05, 0) is 29.5 Å². The van der Waals surface area contributed by atoms with Crippen molar-refractivity contribution >= 4 is 11.9 Å². The van der Waals surface area contributed by atoms with Crippen LogP contribution >= 0.6 is 0 Å². The molecule has 1 amide bonds. The zero-order chi connectivity index (χ0) is 17.7. The van der Waals surface area contributed by atoms with Crippen LogP contribution in [-0.2, 0) is 11.3 Å². The van der Waals surface area contributed by atoms with Gasteiger partial charge in [-0.1, -0.05) is 17.1 Å². The van der Waals surface area contributed by atoms with E-state index in [1.54, 1.807) is 19.1 Å². The molecule has 1 aromatic heterocycles. The number of alkyl halides is 2. The van der Waals surface area contributed by atoms with Crippen LogP contribution in [0.2, 0.25) is 0 Å². The van der Waals surface area contributed by atoms with Gasteiger partial charge < -0.3 is 20.2 Å². The third kappa shape index (κ3) is 4.69. The largest absolute Gasteiger partial charge is 0.490 e. The van der Waals surface area contributed by atoms with E-state index in [9.17, 15) is 23.7 Å². The molecule has 0 spiro atoms. The quantitative estimate of drug-likeness (QED) is 0.605. The smallest absolute Gasteiger partial charge is 0.435 e. The molecule has 0 unspecified atom stereocenters. The second kappa shape index (κ2) is 7.44. The number of carbonyl (C=O) groups excluding carboxylic acids is 1. The number of carbonyl (C=O) groups is 1. The van der Waals surface area contributed by atoms with E-state index >= 15 is 0 Å². The van der Waals surface area contributed by atoms with Crippen LogP contribution in [0.25, 0.3) is 0 Å². The Morgan fingerprint density at radius 2 is 2.08 bits per heavy atom. The van der Waals surface area contributed by atoms with Crippen molar-refractivity contribution in [1.82, 2.24) is 20.1 Å². The van der Waals surface area contributed by atoms with Gasteiger partial charge >= 0.3 is 12.6 Å². The topological polar surface area (TPSA) is 112 Å². The van der Waals surface area contributed by atoms with Crippen molar-refractivity contribution in [3.8, 4) is 5.75 Å². The minimum Gasteiger partial charge on any atom is -0.435 e. The summed E-state index contributed by atoms with van der Waals surface area (Å²) >= 11 is 0. The lowest BCUT2D eigenvalue weighted by atomic mass is 10.1. The average molecular weight is 341 g/mol. The van der Waals surface area contributed by atoms with Crippen LogP contribution in [0.3, 0.4) is 0 Å². The fourth-order valence-corrected chi connectivity index (χ4v) is 1.90. The van der Waals surface area contributed by atoms with Gasteiger partial charge in [-0.3, -0.25) is 4.79 Å². The third-order valence-corrected chi connectivity index (χ3v) is 2.98. The van der Waals surface area contributed by atoms with Crippen molar-refractivity contribution in [1.29, 1.82) is 0 Å². The highest BCUT2D eigenvalue weighted by Gasteiger charge is 2.16. The van der Waals surface area contributed by atoms with Crippen LogP contribution in [0, 0.1) is 10.1 Å². The normalized spacial score (nSPS) is 12.0. The first-order chi connectivity index (χ1) is 11.3. The molecule has 9 nitrogen and oxygen atoms in total. The molecule has 1 heterocycles. The van der Waals surface area contributed by atoms with Crippen LogP contribution < -0.4 is 10.1 Å². The molecule has 0 saturated carbocycles. The van der Waals surface area contributed by atoms with E-state index in [1.165, 1.54) is 12.1 Å². The first kappa shape index (κ1) is 17.2. The highest BCUT2D eigenvalue weighted by atomic mass is 19.3. The fourth-order valence-electron chi connectivity index (χ4n) is 1.90. The van der Waals surface area contributed by atoms with Gasteiger partial charge in [0.2, 0.25) is 12.2 Å². The monoisotopic (exact) mass is 341 g/mol. The number of halogens is 2. The molecule has 0 aliphatic heterocycles. The number of aromatic nitrogens is 3. The predicted molar refractivity (Wildman–Crippen MR) is 76.3 cm³/mol. The minimum atomic E-state index is -2.90. The summed E-state index contributed by atoms with van der Waals surface area (Å²) < 4.78 is 29.4. The Morgan fingerprint density at radius 1 is 1.42 bits per heavy atom. The van der Waals surface area contributed by atoms with Crippen LogP contribution in [0.5, 0.6) is 5.75 Å². The molecule has 1 N–H and O–H groups in total. The summed E-state index contributed by atoms with van der Waals surface area (Å²) in [5, 5.41) is 16.7. The number of benzene rings is 1. The summed E-state index contributed by atoms with van der Waals surface area (Å²) in [6, 6.07) is 5.42. The lowest BCUT2D eigenvalue weighted by Crippen LogP contribution is -2.30. The second-order valence-corrected chi connectivity index (χ2v) is 4.74. The first-order valence-corrected chi connectivity index (χ1v) is 6.73. The van der Waals surface area contributed by atoms with Gasteiger partial charge in [-0.25, -0.2) is 0 Å². The Balaban J connectivity index is 1.91. The van der Waals surface area contributed by atoms with Crippen molar-refractivity contribution in [3.63, 3.8) is 0 Å². The summed E-state index contributed by atoms with van der Waals surface area (Å²) in [6.07, 6.45) is 1.08. The molecule has 1 atom stereocenters. The summed E-state index contributed by atoms with van der Waals surface area (Å²) in [5.41, 5.74) is 0.675. The standard InChI is InChI=1S/C13H13F2N5O4/c1-8(9-2-4-10(5-3-9)24-12(14)15)17-11(21)6-19-7-16-13(18-19)20(22)23/h2-5,7-8,12H,6H2,1H3,(H,17,21)/t8-/m0/s1. The number of nitro groups is 1. The summed E-state index contributed by atoms with van der Waals surface area (Å²) in [4.78, 5) is 25.0. The van der Waals surface area contributed by atoms with E-state index in [-0.39, 0.29) is 12.3 Å². The highest BCUT2D eigenvalue weighted by Crippen LogP contribution is 2.19. The average Bonchev–Trinajstić information content (AvgIpc) is 2.95. The first-order valence-electron chi connectivity index (χ1n) is 6.73. The van der Waals surface area contributed by atoms with Crippen molar-refractivity contribution in [2.24, 2.45) is 0 Å². The van der Waals surface area contributed by atoms with E-state index in [0.717, 1.165) is 11.0 Å². The number of hydrogen-bond acceptors (Lipinski definition) is 6. The van der Waals surface area contributed by atoms with E-state index in [4.69, 9.17) is 0 Å². The molecule has 0 fully saturated rings. The van der Waals surface area contributed by atoms with E-state index in [2.05, 4.69) is 20.1 Å². The van der Waals surface area contributed by atoms with Crippen LogP contribution in [0.15, 0.2) is 30.6 Å². The second-order valence-electron chi connectivity index (χ2n) is 4.74. The highest BCUT2D eigenvalue weighted by molar-refractivity contribution is 5.76. The number of rotatable bonds is 7. The maximum absolute atomic E-state index is 12.1. The molecule has 128 valence electrons. The third-order valence-electron chi connectivity index (χ3n) is 2.98. The van der Waals surface area contributed by atoms with Crippen LogP contribution in [-0.4, -0.2) is 32.2 Å². The summed E-state index contributed by atoms with van der Waals surface area (Å²) in [7, 11) is 0. The molecule has 2 aromatic rings. The van der Waals surface area contributed by atoms with Crippen LogP contribution in [0.1, 0.15) is 18.5 Å². The molecule has 2 rings (SSSR count). The maximum Gasteiger partial charge on any atom is 0.490 e. The van der Waals surface area contributed by atoms with Gasteiger partial charge in [0.15, 0.2) is 0 Å². The summed E-state index contributed by atoms with van der Waals surface area (Å²) in [5.74, 6) is -1.01. The zero-order valence-corrected chi connectivity index (χ0v) is 12.4. The number of hydrogen-bond donors (Lipinski definition) is 1. The Morgan fingerprint density at radius 3 is 2.62 bits per heavy atom. The number of amides is 1. The van der Waals surface area contributed by atoms with Crippen molar-refractivity contribution in [3.05, 3.63) is 46.3 Å². The van der Waals surface area contributed by atoms with Gasteiger partial charge in [0.25, 0.3) is 0 Å². The van der Waals surface area contributed by atoms with Crippen LogP contribution in [0.4, 0.5) is 14.7 Å². The van der Waals surface area contributed by atoms with Crippen molar-refractivity contribution in [2.45, 2.75) is 26.1 Å². The molecule has 0 radical (unpaired) electrons. The van der Waals surface area contributed by atoms with Crippen molar-refractivity contribution in [2.75, 3.05) is 0 Å². The molecule has 0 aliphatic carbocycles. The predicted octanol–water partition coefficient (Wildman–Crippen LogP) is 1.67. The number of ether oxygens (including phenoxy) is 1. The van der Waals surface area contributed by atoms with Gasteiger partial charge in [0, 0.05) is 5.10 Å². The molecule has 1 aromatic carbocycles. The Bertz CT molecular complexity index is 719. The van der Waals surface area contributed by atoms with E-state index in [1.807, 2.05) is 0 Å². The molecule has 0 saturated heterocycles. The molecular weight excluding hydrogens is 328 g/mol. The van der Waals surface area contributed by atoms with E-state index < -0.39 is 29.4 Å². The Kier molecular flexibility index (Phi) is 5.35. The number of nitrogens with zero attached hydrogens (tertiary/aromatic N) is 4. The zero-order valence-electron chi connectivity index (χ0n) is 12.4. The Hall–Kier alpha value is -3.11. The SMILES string of the molecule is C[C@H](NC(=O)Cn1cnc([N+](=O)[O-])n1)c1ccc(OC(F)F)cc1. The molecule has 11 heteroatoms. The summed E-state index contributed by atoms with van der Waals surface area (Å²) in [6.45, 7) is -1.44. The van der Waals surface area contributed by atoms with Gasteiger partial charge in [0.05, 0.1) is 6.04 Å². The fraction of sp³-hybridized carbons (Fsp3) is 0.308. The molecule has 0 bridgehead atoms. The number of nitrogens with one attached hydrogen (secondary N) is 1. The maximum atomic E-state index is 12.1. The van der Waals surface area contributed by atoms with Gasteiger partial charge in [0.1, 0.15) is 12.3 Å². The van der Waals surface area contributed by atoms with Gasteiger partial charge in [-0.15, -0.1) is 0 Å². The van der Waals surface area contributed by atoms with Crippen molar-refractivity contribution < 1.29 is 23.2 Å². The molecule has 0 aliphatic rings. The lowest BCUT2D eigenvalue weighted by molar-refractivity contribution is -0.394.